The number of sulfonamides is 1. The number of benzene rings is 2. The number of phenolic OH excluding ortho intramolecular Hbond substituents is 1. The van der Waals surface area contributed by atoms with E-state index in [1.54, 1.807) is 18.2 Å². The zero-order chi connectivity index (χ0) is 18.6. The van der Waals surface area contributed by atoms with E-state index in [2.05, 4.69) is 0 Å². The molecule has 0 atom stereocenters. The maximum Gasteiger partial charge on any atom is 0.242 e. The van der Waals surface area contributed by atoms with Gasteiger partial charge in [-0.3, -0.25) is 4.79 Å². The largest absolute Gasteiger partial charge is 0.504 e. The number of aromatic hydroxyl groups is 1. The summed E-state index contributed by atoms with van der Waals surface area (Å²) in [5.41, 5.74) is 1.00. The summed E-state index contributed by atoms with van der Waals surface area (Å²) < 4.78 is 30.1. The highest BCUT2D eigenvalue weighted by Gasteiger charge is 2.17. The van der Waals surface area contributed by atoms with Crippen molar-refractivity contribution in [2.75, 3.05) is 21.2 Å². The second-order valence-electron chi connectivity index (χ2n) is 5.44. The number of hydrogen-bond donors (Lipinski definition) is 1. The van der Waals surface area contributed by atoms with Gasteiger partial charge in [-0.15, -0.1) is 0 Å². The molecule has 0 spiro atoms. The number of hydrogen-bond acceptors (Lipinski definition) is 5. The summed E-state index contributed by atoms with van der Waals surface area (Å²) in [6, 6.07) is 10.5. The Morgan fingerprint density at radius 3 is 2.28 bits per heavy atom. The summed E-state index contributed by atoms with van der Waals surface area (Å²) in [6.07, 6.45) is 2.92. The number of methoxy groups -OCH3 is 1. The smallest absolute Gasteiger partial charge is 0.242 e. The van der Waals surface area contributed by atoms with Gasteiger partial charge in [0.15, 0.2) is 17.3 Å². The first-order valence-electron chi connectivity index (χ1n) is 7.37. The highest BCUT2D eigenvalue weighted by molar-refractivity contribution is 7.89. The Labute approximate surface area is 147 Å². The summed E-state index contributed by atoms with van der Waals surface area (Å²) in [4.78, 5) is 12.3. The summed E-state index contributed by atoms with van der Waals surface area (Å²) in [5.74, 6) is 0.0561. The molecule has 25 heavy (non-hydrogen) atoms. The van der Waals surface area contributed by atoms with Crippen LogP contribution in [0.15, 0.2) is 53.4 Å². The molecule has 2 aromatic rings. The quantitative estimate of drug-likeness (QED) is 0.631. The molecule has 2 rings (SSSR count). The van der Waals surface area contributed by atoms with E-state index in [0.29, 0.717) is 16.9 Å². The number of carbonyl (C=O) groups excluding carboxylic acids is 1. The van der Waals surface area contributed by atoms with Crippen LogP contribution in [0.5, 0.6) is 11.5 Å². The van der Waals surface area contributed by atoms with Gasteiger partial charge >= 0.3 is 0 Å². The molecule has 0 amide bonds. The molecule has 2 aromatic carbocycles. The molecular weight excluding hydrogens is 342 g/mol. The molecule has 1 N–H and O–H groups in total. The van der Waals surface area contributed by atoms with E-state index in [1.165, 1.54) is 57.6 Å². The van der Waals surface area contributed by atoms with E-state index in [4.69, 9.17) is 4.74 Å². The van der Waals surface area contributed by atoms with Gasteiger partial charge in [0.2, 0.25) is 10.0 Å². The summed E-state index contributed by atoms with van der Waals surface area (Å²) in [6.45, 7) is 0. The van der Waals surface area contributed by atoms with Crippen LogP contribution in [0.1, 0.15) is 15.9 Å². The standard InChI is InChI=1S/C18H19NO5S/c1-19(2)25(22,23)15-8-6-14(7-9-15)16(20)10-4-13-5-11-18(24-3)17(21)12-13/h4-12,21H,1-3H3/b10-4+. The van der Waals surface area contributed by atoms with Crippen LogP contribution < -0.4 is 4.74 Å². The van der Waals surface area contributed by atoms with Crippen molar-refractivity contribution >= 4 is 21.9 Å². The van der Waals surface area contributed by atoms with Crippen molar-refractivity contribution in [2.24, 2.45) is 0 Å². The van der Waals surface area contributed by atoms with Crippen LogP contribution in [-0.4, -0.2) is 44.8 Å². The van der Waals surface area contributed by atoms with E-state index < -0.39 is 10.0 Å². The van der Waals surface area contributed by atoms with E-state index in [0.717, 1.165) is 4.31 Å². The SMILES string of the molecule is COc1ccc(/C=C/C(=O)c2ccc(S(=O)(=O)N(C)C)cc2)cc1O. The van der Waals surface area contributed by atoms with Gasteiger partial charge in [-0.1, -0.05) is 12.1 Å². The van der Waals surface area contributed by atoms with Gasteiger partial charge in [-0.25, -0.2) is 12.7 Å². The lowest BCUT2D eigenvalue weighted by Crippen LogP contribution is -2.22. The van der Waals surface area contributed by atoms with Crippen molar-refractivity contribution in [2.45, 2.75) is 4.90 Å². The average molecular weight is 361 g/mol. The van der Waals surface area contributed by atoms with Crippen LogP contribution in [0.25, 0.3) is 6.08 Å². The molecule has 0 aliphatic carbocycles. The van der Waals surface area contributed by atoms with Crippen molar-refractivity contribution in [3.8, 4) is 11.5 Å². The number of ketones is 1. The third-order valence-corrected chi connectivity index (χ3v) is 5.38. The van der Waals surface area contributed by atoms with E-state index in [9.17, 15) is 18.3 Å². The van der Waals surface area contributed by atoms with Crippen LogP contribution >= 0.6 is 0 Å². The number of phenols is 1. The fourth-order valence-corrected chi connectivity index (χ4v) is 2.98. The zero-order valence-corrected chi connectivity index (χ0v) is 14.9. The molecule has 7 heteroatoms. The fourth-order valence-electron chi connectivity index (χ4n) is 2.08. The minimum atomic E-state index is -3.52. The Morgan fingerprint density at radius 2 is 1.76 bits per heavy atom. The highest BCUT2D eigenvalue weighted by atomic mass is 32.2. The van der Waals surface area contributed by atoms with Gasteiger partial charge < -0.3 is 9.84 Å². The van der Waals surface area contributed by atoms with Crippen LogP contribution in [0, 0.1) is 0 Å². The first-order chi connectivity index (χ1) is 11.8. The first kappa shape index (κ1) is 18.7. The predicted octanol–water partition coefficient (Wildman–Crippen LogP) is 2.55. The topological polar surface area (TPSA) is 83.9 Å². The first-order valence-corrected chi connectivity index (χ1v) is 8.81. The van der Waals surface area contributed by atoms with Crippen LogP contribution in [0.4, 0.5) is 0 Å². The third-order valence-electron chi connectivity index (χ3n) is 3.55. The van der Waals surface area contributed by atoms with Crippen molar-refractivity contribution in [1.82, 2.24) is 4.31 Å². The zero-order valence-electron chi connectivity index (χ0n) is 14.1. The van der Waals surface area contributed by atoms with Gasteiger partial charge in [-0.2, -0.15) is 0 Å². The number of allylic oxidation sites excluding steroid dienone is 1. The van der Waals surface area contributed by atoms with E-state index >= 15 is 0 Å². The molecule has 0 aliphatic rings. The van der Waals surface area contributed by atoms with Gasteiger partial charge in [0, 0.05) is 19.7 Å². The molecule has 6 nitrogen and oxygen atoms in total. The summed E-state index contributed by atoms with van der Waals surface area (Å²) >= 11 is 0. The Balaban J connectivity index is 2.17. The van der Waals surface area contributed by atoms with Gasteiger partial charge in [0.1, 0.15) is 0 Å². The number of carbonyl (C=O) groups is 1. The van der Waals surface area contributed by atoms with Crippen molar-refractivity contribution in [1.29, 1.82) is 0 Å². The predicted molar refractivity (Wildman–Crippen MR) is 95.3 cm³/mol. The Kier molecular flexibility index (Phi) is 5.61. The maximum atomic E-state index is 12.2. The lowest BCUT2D eigenvalue weighted by Gasteiger charge is -2.11. The van der Waals surface area contributed by atoms with Crippen molar-refractivity contribution in [3.05, 3.63) is 59.7 Å². The van der Waals surface area contributed by atoms with Crippen molar-refractivity contribution < 1.29 is 23.1 Å². The van der Waals surface area contributed by atoms with Gasteiger partial charge in [0.25, 0.3) is 0 Å². The van der Waals surface area contributed by atoms with E-state index in [-0.39, 0.29) is 16.4 Å². The molecule has 0 unspecified atom stereocenters. The Hall–Kier alpha value is -2.64. The molecule has 0 aromatic heterocycles. The lowest BCUT2D eigenvalue weighted by atomic mass is 10.1. The maximum absolute atomic E-state index is 12.2. The molecular formula is C18H19NO5S. The molecule has 0 radical (unpaired) electrons. The molecule has 0 saturated carbocycles. The van der Waals surface area contributed by atoms with Gasteiger partial charge in [0.05, 0.1) is 12.0 Å². The minimum Gasteiger partial charge on any atom is -0.504 e. The van der Waals surface area contributed by atoms with Crippen LogP contribution in [-0.2, 0) is 10.0 Å². The number of ether oxygens (including phenoxy) is 1. The van der Waals surface area contributed by atoms with Crippen LogP contribution in [0.2, 0.25) is 0 Å². The molecule has 0 aliphatic heterocycles. The highest BCUT2D eigenvalue weighted by Crippen LogP contribution is 2.26. The lowest BCUT2D eigenvalue weighted by molar-refractivity contribution is 0.104. The molecule has 0 fully saturated rings. The second-order valence-corrected chi connectivity index (χ2v) is 7.59. The average Bonchev–Trinajstić information content (AvgIpc) is 2.59. The number of rotatable bonds is 6. The Bertz CT molecular complexity index is 900. The minimum absolute atomic E-state index is 0.0182. The normalized spacial score (nSPS) is 11.8. The van der Waals surface area contributed by atoms with Gasteiger partial charge in [-0.05, 0) is 48.0 Å². The Morgan fingerprint density at radius 1 is 1.12 bits per heavy atom. The molecule has 0 heterocycles. The third kappa shape index (κ3) is 4.26. The van der Waals surface area contributed by atoms with Crippen LogP contribution in [0.3, 0.4) is 0 Å². The van der Waals surface area contributed by atoms with Crippen molar-refractivity contribution in [3.63, 3.8) is 0 Å². The molecule has 0 saturated heterocycles. The summed E-state index contributed by atoms with van der Waals surface area (Å²) in [7, 11) is 0.823. The fraction of sp³-hybridized carbons (Fsp3) is 0.167. The van der Waals surface area contributed by atoms with E-state index in [1.807, 2.05) is 0 Å². The second kappa shape index (κ2) is 7.50. The molecule has 132 valence electrons. The molecule has 0 bridgehead atoms. The monoisotopic (exact) mass is 361 g/mol. The number of nitrogens with zero attached hydrogens (tertiary/aromatic N) is 1. The summed E-state index contributed by atoms with van der Waals surface area (Å²) in [5, 5.41) is 9.72.